The SMILES string of the molecule is CC[C@@H](C)C(=O)N[C@H](C(=O)N1CCC[C@H]1CN(CCc1ccccc1)C(=O)CCS(=O)(=O)c1ccc2cc(S(=O)(=O)NCC(=O)N(CCc3ccccc3)C[C@@H]3CCCN3C(=O)[C@@H](CC(=O)C(C)C)C(C)(C)C)ccc2c1)C(C)(C)C. The molecule has 0 unspecified atom stereocenters. The molecule has 442 valence electrons. The van der Waals surface area contributed by atoms with Gasteiger partial charge in [0.15, 0.2) is 9.84 Å². The standard InChI is InChI=1S/C63H88N6O10S2/c1-11-45(4)59(73)65-58(63(8,9)10)61(75)69-34-19-25-51(69)42-66(35-30-46-20-14-12-15-21-46)56(71)32-37-80(76,77)52-28-26-49-39-53(29-27-48(49)38-52)81(78,79)64-41-57(72)67(36-31-47-22-16-13-17-23-47)43-50-24-18-33-68(50)60(74)54(62(5,6)7)40-55(70)44(2)3/h12-17,20-23,26-29,38-39,44-45,50-51,54,58,64H,11,18-19,24-25,30-37,40-43H2,1-10H3,(H,65,73)/t45-,50+,51+,54-,58-/m1/s1. The first-order valence-electron chi connectivity index (χ1n) is 28.9. The molecule has 6 rings (SSSR count). The van der Waals surface area contributed by atoms with E-state index in [1.165, 1.54) is 36.4 Å². The van der Waals surface area contributed by atoms with Crippen molar-refractivity contribution in [2.24, 2.45) is 28.6 Å². The van der Waals surface area contributed by atoms with Crippen LogP contribution in [0.3, 0.4) is 0 Å². The monoisotopic (exact) mass is 1150 g/mol. The summed E-state index contributed by atoms with van der Waals surface area (Å²) < 4.78 is 58.3. The maximum absolute atomic E-state index is 14.3. The van der Waals surface area contributed by atoms with E-state index in [1.807, 2.05) is 135 Å². The zero-order chi connectivity index (χ0) is 59.5. The normalized spacial score (nSPS) is 17.2. The zero-order valence-electron chi connectivity index (χ0n) is 49.4. The van der Waals surface area contributed by atoms with Crippen LogP contribution in [-0.2, 0) is 61.5 Å². The number of hydrogen-bond donors (Lipinski definition) is 2. The van der Waals surface area contributed by atoms with Crippen LogP contribution < -0.4 is 10.0 Å². The minimum atomic E-state index is -4.26. The Hall–Kier alpha value is -5.98. The quantitative estimate of drug-likeness (QED) is 0.0615. The summed E-state index contributed by atoms with van der Waals surface area (Å²) in [5.74, 6) is -2.83. The molecular formula is C63H88N6O10S2. The summed E-state index contributed by atoms with van der Waals surface area (Å²) in [5.41, 5.74) is 0.926. The minimum absolute atomic E-state index is 0.0193. The van der Waals surface area contributed by atoms with Crippen LogP contribution in [0.1, 0.15) is 125 Å². The van der Waals surface area contributed by atoms with Crippen molar-refractivity contribution in [3.05, 3.63) is 108 Å². The zero-order valence-corrected chi connectivity index (χ0v) is 51.0. The number of rotatable bonds is 26. The Balaban J connectivity index is 1.13. The number of nitrogens with one attached hydrogen (secondary N) is 2. The van der Waals surface area contributed by atoms with Gasteiger partial charge in [-0.1, -0.05) is 142 Å². The molecule has 4 aromatic carbocycles. The first-order valence-corrected chi connectivity index (χ1v) is 32.1. The molecule has 0 bridgehead atoms. The maximum atomic E-state index is 14.3. The Bertz CT molecular complexity index is 3070. The summed E-state index contributed by atoms with van der Waals surface area (Å²) in [4.78, 5) is 89.7. The van der Waals surface area contributed by atoms with Gasteiger partial charge in [-0.2, -0.15) is 0 Å². The number of Topliss-reactive ketones (excluding diaryl/α,β-unsaturated/α-hetero) is 1. The average molecular weight is 1150 g/mol. The highest BCUT2D eigenvalue weighted by atomic mass is 32.2. The van der Waals surface area contributed by atoms with E-state index in [9.17, 15) is 45.6 Å². The molecule has 4 aromatic rings. The molecule has 18 heteroatoms. The van der Waals surface area contributed by atoms with Crippen molar-refractivity contribution in [1.82, 2.24) is 29.6 Å². The number of ketones is 1. The van der Waals surface area contributed by atoms with Crippen molar-refractivity contribution in [2.45, 2.75) is 155 Å². The van der Waals surface area contributed by atoms with E-state index in [0.29, 0.717) is 62.5 Å². The van der Waals surface area contributed by atoms with Crippen LogP contribution in [0.4, 0.5) is 0 Å². The Morgan fingerprint density at radius 2 is 1.14 bits per heavy atom. The second-order valence-electron chi connectivity index (χ2n) is 24.7. The third kappa shape index (κ3) is 17.5. The number of sulfone groups is 1. The third-order valence-corrected chi connectivity index (χ3v) is 19.3. The predicted octanol–water partition coefficient (Wildman–Crippen LogP) is 8.26. The fourth-order valence-corrected chi connectivity index (χ4v) is 13.0. The maximum Gasteiger partial charge on any atom is 0.246 e. The molecule has 2 heterocycles. The smallest absolute Gasteiger partial charge is 0.246 e. The first kappa shape index (κ1) is 64.2. The topological polar surface area (TPSA) is 208 Å². The summed E-state index contributed by atoms with van der Waals surface area (Å²) >= 11 is 0. The lowest BCUT2D eigenvalue weighted by Gasteiger charge is -2.37. The van der Waals surface area contributed by atoms with E-state index in [0.717, 1.165) is 24.0 Å². The molecule has 5 amide bonds. The third-order valence-electron chi connectivity index (χ3n) is 16.2. The number of nitrogens with zero attached hydrogens (tertiary/aromatic N) is 4. The highest BCUT2D eigenvalue weighted by molar-refractivity contribution is 7.91. The molecule has 2 fully saturated rings. The van der Waals surface area contributed by atoms with Gasteiger partial charge in [-0.15, -0.1) is 0 Å². The van der Waals surface area contributed by atoms with E-state index in [2.05, 4.69) is 10.0 Å². The van der Waals surface area contributed by atoms with Crippen molar-refractivity contribution >= 4 is 66.0 Å². The van der Waals surface area contributed by atoms with Gasteiger partial charge in [-0.05, 0) is 102 Å². The lowest BCUT2D eigenvalue weighted by atomic mass is 9.76. The van der Waals surface area contributed by atoms with Gasteiger partial charge in [0.25, 0.3) is 0 Å². The molecule has 0 aliphatic carbocycles. The molecule has 0 saturated carbocycles. The van der Waals surface area contributed by atoms with Crippen LogP contribution in [0.2, 0.25) is 0 Å². The Labute approximate surface area is 482 Å². The second kappa shape index (κ2) is 27.9. The van der Waals surface area contributed by atoms with Crippen LogP contribution in [0.5, 0.6) is 0 Å². The van der Waals surface area contributed by atoms with Crippen molar-refractivity contribution in [3.8, 4) is 0 Å². The molecular weight excluding hydrogens is 1060 g/mol. The lowest BCUT2D eigenvalue weighted by molar-refractivity contribution is -0.144. The number of benzene rings is 4. The molecule has 2 N–H and O–H groups in total. The summed E-state index contributed by atoms with van der Waals surface area (Å²) in [5, 5.41) is 3.90. The van der Waals surface area contributed by atoms with Crippen molar-refractivity contribution in [1.29, 1.82) is 0 Å². The summed E-state index contributed by atoms with van der Waals surface area (Å²) in [6.07, 6.45) is 4.21. The molecule has 16 nitrogen and oxygen atoms in total. The van der Waals surface area contributed by atoms with Crippen LogP contribution in [0, 0.1) is 28.6 Å². The number of fused-ring (bicyclic) bond motifs is 1. The average Bonchev–Trinajstić information content (AvgIpc) is 4.22. The molecule has 81 heavy (non-hydrogen) atoms. The fourth-order valence-electron chi connectivity index (χ4n) is 10.7. The van der Waals surface area contributed by atoms with E-state index >= 15 is 0 Å². The van der Waals surface area contributed by atoms with Crippen LogP contribution in [0.25, 0.3) is 10.8 Å². The fraction of sp³-hybridized carbons (Fsp3) is 0.556. The molecule has 2 aliphatic heterocycles. The summed E-state index contributed by atoms with van der Waals surface area (Å²) in [6.45, 7) is 20.4. The van der Waals surface area contributed by atoms with Gasteiger partial charge in [-0.25, -0.2) is 21.6 Å². The second-order valence-corrected chi connectivity index (χ2v) is 28.6. The molecule has 0 aromatic heterocycles. The van der Waals surface area contributed by atoms with E-state index in [1.54, 1.807) is 14.7 Å². The number of carbonyl (C=O) groups excluding carboxylic acids is 6. The Morgan fingerprint density at radius 3 is 1.63 bits per heavy atom. The van der Waals surface area contributed by atoms with Crippen molar-refractivity contribution in [2.75, 3.05) is 51.6 Å². The largest absolute Gasteiger partial charge is 0.344 e. The van der Waals surface area contributed by atoms with Gasteiger partial charge in [0.05, 0.1) is 22.1 Å². The van der Waals surface area contributed by atoms with Gasteiger partial charge in [-0.3, -0.25) is 28.8 Å². The molecule has 2 aliphatic rings. The molecule has 0 radical (unpaired) electrons. The lowest BCUT2D eigenvalue weighted by Crippen LogP contribution is -2.57. The van der Waals surface area contributed by atoms with Gasteiger partial charge in [0.1, 0.15) is 11.8 Å². The van der Waals surface area contributed by atoms with Gasteiger partial charge in [0, 0.05) is 81.9 Å². The number of sulfonamides is 1. The summed E-state index contributed by atoms with van der Waals surface area (Å²) in [6, 6.07) is 26.5. The summed E-state index contributed by atoms with van der Waals surface area (Å²) in [7, 11) is -8.29. The van der Waals surface area contributed by atoms with E-state index < -0.39 is 60.9 Å². The van der Waals surface area contributed by atoms with Gasteiger partial charge < -0.3 is 24.9 Å². The van der Waals surface area contributed by atoms with Gasteiger partial charge >= 0.3 is 0 Å². The number of carbonyl (C=O) groups is 6. The molecule has 2 saturated heterocycles. The number of amides is 5. The minimum Gasteiger partial charge on any atom is -0.344 e. The highest BCUT2D eigenvalue weighted by Crippen LogP contribution is 2.35. The number of hydrogen-bond acceptors (Lipinski definition) is 10. The molecule has 5 atom stereocenters. The van der Waals surface area contributed by atoms with E-state index in [4.69, 9.17) is 0 Å². The van der Waals surface area contributed by atoms with Crippen molar-refractivity contribution < 1.29 is 45.6 Å². The Kier molecular flexibility index (Phi) is 22.1. The first-order chi connectivity index (χ1) is 38.1. The van der Waals surface area contributed by atoms with Crippen LogP contribution in [0.15, 0.2) is 107 Å². The van der Waals surface area contributed by atoms with Crippen LogP contribution >= 0.6 is 0 Å². The number of likely N-dealkylation sites (tertiary alicyclic amines) is 2. The van der Waals surface area contributed by atoms with E-state index in [-0.39, 0.29) is 95.6 Å². The Morgan fingerprint density at radius 1 is 0.642 bits per heavy atom. The van der Waals surface area contributed by atoms with Gasteiger partial charge in [0.2, 0.25) is 39.6 Å². The molecule has 0 spiro atoms. The van der Waals surface area contributed by atoms with Crippen LogP contribution in [-0.4, -0.2) is 141 Å². The predicted molar refractivity (Wildman–Crippen MR) is 317 cm³/mol. The highest BCUT2D eigenvalue weighted by Gasteiger charge is 2.43. The van der Waals surface area contributed by atoms with Crippen molar-refractivity contribution in [3.63, 3.8) is 0 Å².